The molecule has 0 atom stereocenters. The summed E-state index contributed by atoms with van der Waals surface area (Å²) in [6.45, 7) is 0.622. The Morgan fingerprint density at radius 1 is 1.17 bits per heavy atom. The van der Waals surface area contributed by atoms with Gasteiger partial charge in [0, 0.05) is 24.7 Å². The van der Waals surface area contributed by atoms with Gasteiger partial charge in [-0.2, -0.15) is 0 Å². The van der Waals surface area contributed by atoms with Crippen molar-refractivity contribution in [2.24, 2.45) is 0 Å². The first kappa shape index (κ1) is 16.9. The number of carboxylic acids is 1. The fourth-order valence-corrected chi connectivity index (χ4v) is 2.52. The summed E-state index contributed by atoms with van der Waals surface area (Å²) in [6, 6.07) is 7.57. The molecule has 0 unspecified atom stereocenters. The summed E-state index contributed by atoms with van der Waals surface area (Å²) in [5.74, 6) is 0.0188. The van der Waals surface area contributed by atoms with Crippen LogP contribution in [0.4, 0.5) is 0 Å². The molecular formula is C17H22N2O4. The summed E-state index contributed by atoms with van der Waals surface area (Å²) in [5.41, 5.74) is 1.68. The normalized spacial score (nSPS) is 10.7. The highest BCUT2D eigenvalue weighted by Gasteiger charge is 2.08. The number of imidazole rings is 1. The number of aromatic nitrogens is 2. The Balaban J connectivity index is 1.95. The molecular weight excluding hydrogens is 296 g/mol. The van der Waals surface area contributed by atoms with Gasteiger partial charge in [-0.3, -0.25) is 9.36 Å². The van der Waals surface area contributed by atoms with E-state index in [0.29, 0.717) is 13.0 Å². The molecule has 0 saturated heterocycles. The van der Waals surface area contributed by atoms with E-state index in [1.165, 1.54) is 0 Å². The quantitative estimate of drug-likeness (QED) is 0.696. The number of unbranched alkanes of at least 4 members (excludes halogenated alkanes) is 3. The maximum Gasteiger partial charge on any atom is 0.325 e. The van der Waals surface area contributed by atoms with Crippen LogP contribution in [0.25, 0.3) is 11.3 Å². The van der Waals surface area contributed by atoms with Gasteiger partial charge in [-0.05, 0) is 37.1 Å². The molecule has 0 saturated carbocycles. The Bertz CT molecular complexity index is 685. The first-order valence-electron chi connectivity index (χ1n) is 7.76. The van der Waals surface area contributed by atoms with Crippen molar-refractivity contribution < 1.29 is 14.6 Å². The Kier molecular flexibility index (Phi) is 6.02. The van der Waals surface area contributed by atoms with E-state index in [1.807, 2.05) is 24.3 Å². The zero-order valence-electron chi connectivity index (χ0n) is 13.2. The molecule has 0 amide bonds. The standard InChI is InChI=1S/C17H22N2O4/c1-23-14-9-7-13(8-10-14)15-12-18-17(22)19(15)11-5-3-2-4-6-16(20)21/h7-10,12H,2-6,11H2,1H3,(H,18,22)(H,20,21). The Labute approximate surface area is 134 Å². The molecule has 6 nitrogen and oxygen atoms in total. The van der Waals surface area contributed by atoms with Crippen LogP contribution in [0.15, 0.2) is 35.3 Å². The Hall–Kier alpha value is -2.50. The third kappa shape index (κ3) is 4.74. The highest BCUT2D eigenvalue weighted by molar-refractivity contribution is 5.66. The summed E-state index contributed by atoms with van der Waals surface area (Å²) in [6.07, 6.45) is 5.23. The lowest BCUT2D eigenvalue weighted by atomic mass is 10.1. The zero-order valence-corrected chi connectivity index (χ0v) is 13.2. The summed E-state index contributed by atoms with van der Waals surface area (Å²) >= 11 is 0. The highest BCUT2D eigenvalue weighted by Crippen LogP contribution is 2.21. The molecule has 124 valence electrons. The molecule has 1 aromatic heterocycles. The van der Waals surface area contributed by atoms with Crippen LogP contribution in [0.2, 0.25) is 0 Å². The van der Waals surface area contributed by atoms with Crippen LogP contribution in [0.5, 0.6) is 5.75 Å². The van der Waals surface area contributed by atoms with Gasteiger partial charge in [-0.15, -0.1) is 0 Å². The van der Waals surface area contributed by atoms with Crippen molar-refractivity contribution in [3.63, 3.8) is 0 Å². The van der Waals surface area contributed by atoms with E-state index in [1.54, 1.807) is 17.9 Å². The summed E-state index contributed by atoms with van der Waals surface area (Å²) < 4.78 is 6.86. The van der Waals surface area contributed by atoms with E-state index in [9.17, 15) is 9.59 Å². The smallest absolute Gasteiger partial charge is 0.325 e. The molecule has 2 N–H and O–H groups in total. The number of aromatic amines is 1. The van der Waals surface area contributed by atoms with E-state index in [-0.39, 0.29) is 12.1 Å². The number of hydrogen-bond acceptors (Lipinski definition) is 3. The van der Waals surface area contributed by atoms with E-state index in [0.717, 1.165) is 36.3 Å². The van der Waals surface area contributed by atoms with Crippen molar-refractivity contribution >= 4 is 5.97 Å². The molecule has 0 aliphatic heterocycles. The number of rotatable bonds is 9. The molecule has 0 bridgehead atoms. The highest BCUT2D eigenvalue weighted by atomic mass is 16.5. The minimum absolute atomic E-state index is 0.124. The van der Waals surface area contributed by atoms with Crippen LogP contribution in [0.3, 0.4) is 0 Å². The van der Waals surface area contributed by atoms with E-state index in [2.05, 4.69) is 4.98 Å². The number of carbonyl (C=O) groups is 1. The largest absolute Gasteiger partial charge is 0.497 e. The lowest BCUT2D eigenvalue weighted by Gasteiger charge is -2.08. The molecule has 6 heteroatoms. The van der Waals surface area contributed by atoms with E-state index < -0.39 is 5.97 Å². The van der Waals surface area contributed by atoms with Crippen molar-refractivity contribution in [1.82, 2.24) is 9.55 Å². The van der Waals surface area contributed by atoms with Gasteiger partial charge in [-0.1, -0.05) is 12.8 Å². The van der Waals surface area contributed by atoms with Crippen molar-refractivity contribution in [3.8, 4) is 17.0 Å². The first-order chi connectivity index (χ1) is 11.1. The van der Waals surface area contributed by atoms with Gasteiger partial charge in [0.25, 0.3) is 0 Å². The monoisotopic (exact) mass is 318 g/mol. The van der Waals surface area contributed by atoms with Gasteiger partial charge in [0.15, 0.2) is 0 Å². The topological polar surface area (TPSA) is 84.3 Å². The van der Waals surface area contributed by atoms with E-state index in [4.69, 9.17) is 9.84 Å². The predicted molar refractivity (Wildman–Crippen MR) is 87.8 cm³/mol. The SMILES string of the molecule is COc1ccc(-c2c[nH]c(=O)n2CCCCCCC(=O)O)cc1. The van der Waals surface area contributed by atoms with Crippen LogP contribution < -0.4 is 10.4 Å². The van der Waals surface area contributed by atoms with Crippen molar-refractivity contribution in [3.05, 3.63) is 40.9 Å². The average Bonchev–Trinajstić information content (AvgIpc) is 2.91. The summed E-state index contributed by atoms with van der Waals surface area (Å²) in [5, 5.41) is 8.60. The molecule has 2 rings (SSSR count). The number of hydrogen-bond donors (Lipinski definition) is 2. The number of H-pyrrole nitrogens is 1. The third-order valence-corrected chi connectivity index (χ3v) is 3.78. The number of benzene rings is 1. The number of ether oxygens (including phenoxy) is 1. The molecule has 0 fully saturated rings. The first-order valence-corrected chi connectivity index (χ1v) is 7.76. The fraction of sp³-hybridized carbons (Fsp3) is 0.412. The van der Waals surface area contributed by atoms with Gasteiger partial charge in [0.1, 0.15) is 5.75 Å². The van der Waals surface area contributed by atoms with Gasteiger partial charge >= 0.3 is 11.7 Å². The maximum absolute atomic E-state index is 12.0. The van der Waals surface area contributed by atoms with Crippen LogP contribution in [0, 0.1) is 0 Å². The van der Waals surface area contributed by atoms with Crippen LogP contribution in [-0.2, 0) is 11.3 Å². The second kappa shape index (κ2) is 8.22. The summed E-state index contributed by atoms with van der Waals surface area (Å²) in [4.78, 5) is 25.1. The third-order valence-electron chi connectivity index (χ3n) is 3.78. The predicted octanol–water partition coefficient (Wildman–Crippen LogP) is 2.89. The van der Waals surface area contributed by atoms with E-state index >= 15 is 0 Å². The Morgan fingerprint density at radius 3 is 2.52 bits per heavy atom. The molecule has 1 aromatic carbocycles. The van der Waals surface area contributed by atoms with Gasteiger partial charge in [0.05, 0.1) is 12.8 Å². The average molecular weight is 318 g/mol. The molecule has 2 aromatic rings. The fourth-order valence-electron chi connectivity index (χ4n) is 2.52. The van der Waals surface area contributed by atoms with Crippen molar-refractivity contribution in [2.75, 3.05) is 7.11 Å². The number of carboxylic acid groups (broad SMARTS) is 1. The van der Waals surface area contributed by atoms with Crippen LogP contribution in [-0.4, -0.2) is 27.7 Å². The minimum Gasteiger partial charge on any atom is -0.497 e. The molecule has 0 radical (unpaired) electrons. The minimum atomic E-state index is -0.756. The van der Waals surface area contributed by atoms with Gasteiger partial charge < -0.3 is 14.8 Å². The van der Waals surface area contributed by atoms with Crippen molar-refractivity contribution in [2.45, 2.75) is 38.6 Å². The molecule has 1 heterocycles. The summed E-state index contributed by atoms with van der Waals surface area (Å²) in [7, 11) is 1.62. The van der Waals surface area contributed by atoms with Crippen LogP contribution >= 0.6 is 0 Å². The molecule has 23 heavy (non-hydrogen) atoms. The van der Waals surface area contributed by atoms with Gasteiger partial charge in [0.2, 0.25) is 0 Å². The number of methoxy groups -OCH3 is 1. The molecule has 0 aliphatic carbocycles. The lowest BCUT2D eigenvalue weighted by molar-refractivity contribution is -0.137. The molecule has 0 aliphatic rings. The second-order valence-corrected chi connectivity index (χ2v) is 5.42. The Morgan fingerprint density at radius 2 is 1.87 bits per heavy atom. The van der Waals surface area contributed by atoms with Crippen LogP contribution in [0.1, 0.15) is 32.1 Å². The molecule has 0 spiro atoms. The number of nitrogens with zero attached hydrogens (tertiary/aromatic N) is 1. The van der Waals surface area contributed by atoms with Gasteiger partial charge in [-0.25, -0.2) is 4.79 Å². The van der Waals surface area contributed by atoms with Crippen molar-refractivity contribution in [1.29, 1.82) is 0 Å². The lowest BCUT2D eigenvalue weighted by Crippen LogP contribution is -2.17. The maximum atomic E-state index is 12.0. The number of nitrogens with one attached hydrogen (secondary N) is 1. The zero-order chi connectivity index (χ0) is 16.7. The number of aliphatic carboxylic acids is 1. The second-order valence-electron chi connectivity index (χ2n) is 5.42.